The summed E-state index contributed by atoms with van der Waals surface area (Å²) in [6, 6.07) is 21.9. The molecule has 0 saturated heterocycles. The number of rotatable bonds is 5. The highest BCUT2D eigenvalue weighted by Gasteiger charge is 2.21. The molecular weight excluding hydrogens is 458 g/mol. The van der Waals surface area contributed by atoms with E-state index in [2.05, 4.69) is 133 Å². The molecule has 0 N–H and O–H groups in total. The van der Waals surface area contributed by atoms with E-state index >= 15 is 0 Å². The number of aromatic nitrogens is 3. The highest BCUT2D eigenvalue weighted by Crippen LogP contribution is 2.34. The number of aryl methyl sites for hydroxylation is 3. The van der Waals surface area contributed by atoms with Crippen molar-refractivity contribution in [3.05, 3.63) is 94.0 Å². The second-order valence-corrected chi connectivity index (χ2v) is 12.8. The average molecular weight is 498 g/mol. The van der Waals surface area contributed by atoms with Gasteiger partial charge < -0.3 is 0 Å². The van der Waals surface area contributed by atoms with Gasteiger partial charge in [-0.25, -0.2) is 0 Å². The van der Waals surface area contributed by atoms with E-state index < -0.39 is 0 Å². The Kier molecular flexibility index (Phi) is 7.21. The van der Waals surface area contributed by atoms with Gasteiger partial charge in [0.25, 0.3) is 0 Å². The number of thioether (sulfide) groups is 1. The number of nitrogens with zero attached hydrogens (tertiary/aromatic N) is 3. The highest BCUT2D eigenvalue weighted by atomic mass is 32.2. The molecule has 0 saturated carbocycles. The lowest BCUT2D eigenvalue weighted by Gasteiger charge is -2.22. The Morgan fingerprint density at radius 1 is 0.694 bits per heavy atom. The minimum absolute atomic E-state index is 0.113. The molecule has 0 fully saturated rings. The predicted molar refractivity (Wildman–Crippen MR) is 154 cm³/mol. The normalized spacial score (nSPS) is 12.2. The fraction of sp³-hybridized carbons (Fsp3) is 0.375. The Labute approximate surface area is 221 Å². The lowest BCUT2D eigenvalue weighted by atomic mass is 9.84. The number of hydrogen-bond donors (Lipinski definition) is 0. The summed E-state index contributed by atoms with van der Waals surface area (Å²) in [5.41, 5.74) is 10.4. The Morgan fingerprint density at radius 2 is 1.28 bits per heavy atom. The topological polar surface area (TPSA) is 30.7 Å². The molecule has 0 spiro atoms. The molecular formula is C32H39N3S. The lowest BCUT2D eigenvalue weighted by molar-refractivity contribution is 0.589. The zero-order valence-electron chi connectivity index (χ0n) is 23.2. The van der Waals surface area contributed by atoms with Crippen LogP contribution in [0.4, 0.5) is 0 Å². The van der Waals surface area contributed by atoms with Crippen LogP contribution in [-0.4, -0.2) is 14.8 Å². The monoisotopic (exact) mass is 497 g/mol. The average Bonchev–Trinajstić information content (AvgIpc) is 3.21. The standard InChI is InChI=1S/C32H39N3S/c1-21-12-10-11-13-28(21)35-29(24-14-16-25(17-15-24)31(4,5)6)33-34-30(35)36-20-27-22(2)18-26(19-23(27)3)32(7,8)9/h10-19H,20H2,1-9H3. The Balaban J connectivity index is 1.74. The van der Waals surface area contributed by atoms with E-state index in [1.165, 1.54) is 33.4 Å². The van der Waals surface area contributed by atoms with Gasteiger partial charge in [0, 0.05) is 11.3 Å². The van der Waals surface area contributed by atoms with Crippen molar-refractivity contribution >= 4 is 11.8 Å². The molecule has 0 unspecified atom stereocenters. The molecule has 1 heterocycles. The molecule has 0 bridgehead atoms. The van der Waals surface area contributed by atoms with Gasteiger partial charge in [-0.1, -0.05) is 108 Å². The van der Waals surface area contributed by atoms with Crippen molar-refractivity contribution in [1.29, 1.82) is 0 Å². The molecule has 0 aliphatic rings. The maximum atomic E-state index is 4.69. The van der Waals surface area contributed by atoms with E-state index in [-0.39, 0.29) is 10.8 Å². The molecule has 0 aliphatic heterocycles. The van der Waals surface area contributed by atoms with Gasteiger partial charge in [-0.05, 0) is 71.0 Å². The third-order valence-corrected chi connectivity index (χ3v) is 7.86. The first-order valence-electron chi connectivity index (χ1n) is 12.7. The van der Waals surface area contributed by atoms with Crippen molar-refractivity contribution in [2.45, 2.75) is 84.1 Å². The molecule has 4 rings (SSSR count). The Morgan fingerprint density at radius 3 is 1.83 bits per heavy atom. The molecule has 4 aromatic rings. The largest absolute Gasteiger partial charge is 0.270 e. The smallest absolute Gasteiger partial charge is 0.196 e. The first kappa shape index (κ1) is 26.2. The van der Waals surface area contributed by atoms with Gasteiger partial charge in [0.2, 0.25) is 0 Å². The van der Waals surface area contributed by atoms with E-state index in [1.807, 2.05) is 0 Å². The third kappa shape index (κ3) is 5.44. The van der Waals surface area contributed by atoms with E-state index in [1.54, 1.807) is 11.8 Å². The molecule has 3 aromatic carbocycles. The summed E-state index contributed by atoms with van der Waals surface area (Å²) in [5.74, 6) is 1.73. The van der Waals surface area contributed by atoms with Gasteiger partial charge in [-0.15, -0.1) is 10.2 Å². The molecule has 0 aliphatic carbocycles. The van der Waals surface area contributed by atoms with Crippen molar-refractivity contribution in [2.24, 2.45) is 0 Å². The molecule has 0 amide bonds. The summed E-state index contributed by atoms with van der Waals surface area (Å²) in [5, 5.41) is 10.3. The van der Waals surface area contributed by atoms with Crippen molar-refractivity contribution in [3.63, 3.8) is 0 Å². The first-order chi connectivity index (χ1) is 16.9. The van der Waals surface area contributed by atoms with Gasteiger partial charge in [-0.2, -0.15) is 0 Å². The van der Waals surface area contributed by atoms with Crippen molar-refractivity contribution in [1.82, 2.24) is 14.8 Å². The summed E-state index contributed by atoms with van der Waals surface area (Å²) in [6.07, 6.45) is 0. The van der Waals surface area contributed by atoms with Crippen LogP contribution in [0.15, 0.2) is 65.8 Å². The van der Waals surface area contributed by atoms with Gasteiger partial charge in [0.15, 0.2) is 11.0 Å². The zero-order valence-corrected chi connectivity index (χ0v) is 24.0. The minimum atomic E-state index is 0.113. The van der Waals surface area contributed by atoms with Gasteiger partial charge in [0.05, 0.1) is 5.69 Å². The van der Waals surface area contributed by atoms with Crippen molar-refractivity contribution in [3.8, 4) is 17.1 Å². The minimum Gasteiger partial charge on any atom is -0.270 e. The molecule has 3 nitrogen and oxygen atoms in total. The van der Waals surface area contributed by atoms with Crippen LogP contribution in [0.3, 0.4) is 0 Å². The van der Waals surface area contributed by atoms with Crippen LogP contribution >= 0.6 is 11.8 Å². The molecule has 0 atom stereocenters. The van der Waals surface area contributed by atoms with Gasteiger partial charge >= 0.3 is 0 Å². The quantitative estimate of drug-likeness (QED) is 0.258. The second kappa shape index (κ2) is 9.89. The first-order valence-corrected chi connectivity index (χ1v) is 13.7. The van der Waals surface area contributed by atoms with Crippen LogP contribution < -0.4 is 0 Å². The van der Waals surface area contributed by atoms with E-state index in [4.69, 9.17) is 5.10 Å². The molecule has 0 radical (unpaired) electrons. The van der Waals surface area contributed by atoms with Crippen LogP contribution in [-0.2, 0) is 16.6 Å². The molecule has 36 heavy (non-hydrogen) atoms. The second-order valence-electron chi connectivity index (χ2n) is 11.9. The third-order valence-electron chi connectivity index (χ3n) is 6.91. The van der Waals surface area contributed by atoms with Crippen molar-refractivity contribution < 1.29 is 0 Å². The van der Waals surface area contributed by atoms with Gasteiger partial charge in [-0.3, -0.25) is 4.57 Å². The van der Waals surface area contributed by atoms with Crippen LogP contribution in [0.5, 0.6) is 0 Å². The fourth-order valence-electron chi connectivity index (χ4n) is 4.49. The SMILES string of the molecule is Cc1ccccc1-n1c(SCc2c(C)cc(C(C)(C)C)cc2C)nnc1-c1ccc(C(C)(C)C)cc1. The van der Waals surface area contributed by atoms with Crippen LogP contribution in [0.1, 0.15) is 74.9 Å². The summed E-state index contributed by atoms with van der Waals surface area (Å²) >= 11 is 1.76. The predicted octanol–water partition coefficient (Wildman–Crippen LogP) is 8.75. The summed E-state index contributed by atoms with van der Waals surface area (Å²) in [4.78, 5) is 0. The van der Waals surface area contributed by atoms with Crippen molar-refractivity contribution in [2.75, 3.05) is 0 Å². The Hall–Kier alpha value is -2.85. The maximum Gasteiger partial charge on any atom is 0.196 e. The maximum absolute atomic E-state index is 4.69. The molecule has 1 aromatic heterocycles. The zero-order chi connectivity index (χ0) is 26.3. The van der Waals surface area contributed by atoms with Gasteiger partial charge in [0.1, 0.15) is 0 Å². The molecule has 188 valence electrons. The molecule has 4 heteroatoms. The van der Waals surface area contributed by atoms with Crippen LogP contribution in [0, 0.1) is 20.8 Å². The van der Waals surface area contributed by atoms with E-state index in [0.717, 1.165) is 28.0 Å². The number of para-hydroxylation sites is 1. The highest BCUT2D eigenvalue weighted by molar-refractivity contribution is 7.98. The van der Waals surface area contributed by atoms with E-state index in [9.17, 15) is 0 Å². The summed E-state index contributed by atoms with van der Waals surface area (Å²) in [7, 11) is 0. The van der Waals surface area contributed by atoms with Crippen LogP contribution in [0.25, 0.3) is 17.1 Å². The summed E-state index contributed by atoms with van der Waals surface area (Å²) in [6.45, 7) is 20.1. The lowest BCUT2D eigenvalue weighted by Crippen LogP contribution is -2.12. The number of benzene rings is 3. The fourth-order valence-corrected chi connectivity index (χ4v) is 5.63. The van der Waals surface area contributed by atoms with E-state index in [0.29, 0.717) is 0 Å². The Bertz CT molecular complexity index is 1340. The number of hydrogen-bond acceptors (Lipinski definition) is 3. The summed E-state index contributed by atoms with van der Waals surface area (Å²) < 4.78 is 2.22. The van der Waals surface area contributed by atoms with Crippen LogP contribution in [0.2, 0.25) is 0 Å².